The summed E-state index contributed by atoms with van der Waals surface area (Å²) in [6.07, 6.45) is 0.992. The Kier molecular flexibility index (Phi) is 6.77. The van der Waals surface area contributed by atoms with Gasteiger partial charge in [0.15, 0.2) is 0 Å². The third kappa shape index (κ3) is 5.90. The molecule has 0 aliphatic heterocycles. The largest absolute Gasteiger partial charge is 0.494 e. The zero-order valence-electron chi connectivity index (χ0n) is 12.0. The van der Waals surface area contributed by atoms with Crippen LogP contribution in [0, 0.1) is 0 Å². The normalized spacial score (nSPS) is 10.4. The van der Waals surface area contributed by atoms with Crippen molar-refractivity contribution in [3.8, 4) is 11.5 Å². The SMILES string of the molecule is CCOc1cccc(OCCCSc2ccc(Cl)cc2)c1. The lowest BCUT2D eigenvalue weighted by molar-refractivity contribution is 0.310. The van der Waals surface area contributed by atoms with E-state index in [2.05, 4.69) is 0 Å². The molecule has 0 heterocycles. The first-order valence-electron chi connectivity index (χ1n) is 7.02. The van der Waals surface area contributed by atoms with Gasteiger partial charge in [-0.3, -0.25) is 0 Å². The van der Waals surface area contributed by atoms with Crippen molar-refractivity contribution >= 4 is 23.4 Å². The average molecular weight is 323 g/mol. The van der Waals surface area contributed by atoms with Gasteiger partial charge >= 0.3 is 0 Å². The first-order valence-corrected chi connectivity index (χ1v) is 8.38. The number of ether oxygens (including phenoxy) is 2. The topological polar surface area (TPSA) is 18.5 Å². The van der Waals surface area contributed by atoms with Gasteiger partial charge in [-0.2, -0.15) is 0 Å². The van der Waals surface area contributed by atoms with Gasteiger partial charge in [-0.15, -0.1) is 11.8 Å². The number of hydrogen-bond acceptors (Lipinski definition) is 3. The third-order valence-electron chi connectivity index (χ3n) is 2.76. The Labute approximate surface area is 135 Å². The van der Waals surface area contributed by atoms with Gasteiger partial charge in [-0.05, 0) is 49.7 Å². The summed E-state index contributed by atoms with van der Waals surface area (Å²) < 4.78 is 11.2. The first-order chi connectivity index (χ1) is 10.3. The maximum absolute atomic E-state index is 5.86. The van der Waals surface area contributed by atoms with Crippen LogP contribution in [-0.2, 0) is 0 Å². The van der Waals surface area contributed by atoms with E-state index in [0.717, 1.165) is 28.7 Å². The zero-order valence-corrected chi connectivity index (χ0v) is 13.6. The fraction of sp³-hybridized carbons (Fsp3) is 0.294. The molecular weight excluding hydrogens is 304 g/mol. The van der Waals surface area contributed by atoms with E-state index in [-0.39, 0.29) is 0 Å². The highest BCUT2D eigenvalue weighted by Gasteiger charge is 1.98. The lowest BCUT2D eigenvalue weighted by atomic mass is 10.3. The van der Waals surface area contributed by atoms with E-state index in [1.165, 1.54) is 4.90 Å². The van der Waals surface area contributed by atoms with Crippen molar-refractivity contribution in [1.82, 2.24) is 0 Å². The molecule has 0 bridgehead atoms. The van der Waals surface area contributed by atoms with Crippen LogP contribution in [0.25, 0.3) is 0 Å². The minimum atomic E-state index is 0.668. The summed E-state index contributed by atoms with van der Waals surface area (Å²) in [6, 6.07) is 15.7. The molecule has 2 nitrogen and oxygen atoms in total. The standard InChI is InChI=1S/C17H19ClO2S/c1-2-19-15-5-3-6-16(13-15)20-11-4-12-21-17-9-7-14(18)8-10-17/h3,5-10,13H,2,4,11-12H2,1H3. The van der Waals surface area contributed by atoms with Crippen LogP contribution in [0.5, 0.6) is 11.5 Å². The van der Waals surface area contributed by atoms with Crippen molar-refractivity contribution in [2.45, 2.75) is 18.2 Å². The minimum absolute atomic E-state index is 0.668. The van der Waals surface area contributed by atoms with E-state index in [1.807, 2.05) is 67.2 Å². The van der Waals surface area contributed by atoms with Crippen LogP contribution in [0.15, 0.2) is 53.4 Å². The minimum Gasteiger partial charge on any atom is -0.494 e. The van der Waals surface area contributed by atoms with E-state index in [9.17, 15) is 0 Å². The summed E-state index contributed by atoms with van der Waals surface area (Å²) in [6.45, 7) is 3.35. The Bertz CT molecular complexity index is 543. The highest BCUT2D eigenvalue weighted by atomic mass is 35.5. The van der Waals surface area contributed by atoms with E-state index >= 15 is 0 Å². The molecule has 2 aromatic carbocycles. The molecule has 0 aromatic heterocycles. The molecule has 112 valence electrons. The molecule has 21 heavy (non-hydrogen) atoms. The van der Waals surface area contributed by atoms with Crippen LogP contribution in [-0.4, -0.2) is 19.0 Å². The van der Waals surface area contributed by atoms with Gasteiger partial charge in [0, 0.05) is 21.7 Å². The molecule has 0 spiro atoms. The van der Waals surface area contributed by atoms with Crippen LogP contribution in [0.3, 0.4) is 0 Å². The van der Waals surface area contributed by atoms with Gasteiger partial charge in [0.05, 0.1) is 13.2 Å². The molecule has 2 aromatic rings. The van der Waals surface area contributed by atoms with Crippen molar-refractivity contribution in [1.29, 1.82) is 0 Å². The Hall–Kier alpha value is -1.32. The molecule has 0 radical (unpaired) electrons. The van der Waals surface area contributed by atoms with E-state index in [4.69, 9.17) is 21.1 Å². The molecule has 0 saturated carbocycles. The molecule has 2 rings (SSSR count). The van der Waals surface area contributed by atoms with Gasteiger partial charge in [-0.25, -0.2) is 0 Å². The molecule has 0 unspecified atom stereocenters. The quantitative estimate of drug-likeness (QED) is 0.485. The zero-order chi connectivity index (χ0) is 14.9. The Morgan fingerprint density at radius 3 is 2.43 bits per heavy atom. The highest BCUT2D eigenvalue weighted by molar-refractivity contribution is 7.99. The summed E-state index contributed by atoms with van der Waals surface area (Å²) in [7, 11) is 0. The fourth-order valence-electron chi connectivity index (χ4n) is 1.79. The van der Waals surface area contributed by atoms with Crippen molar-refractivity contribution in [3.63, 3.8) is 0 Å². The average Bonchev–Trinajstić information content (AvgIpc) is 2.50. The second-order valence-electron chi connectivity index (χ2n) is 4.41. The van der Waals surface area contributed by atoms with Crippen molar-refractivity contribution in [3.05, 3.63) is 53.6 Å². The highest BCUT2D eigenvalue weighted by Crippen LogP contribution is 2.22. The second-order valence-corrected chi connectivity index (χ2v) is 6.02. The molecular formula is C17H19ClO2S. The Morgan fingerprint density at radius 2 is 1.71 bits per heavy atom. The maximum atomic E-state index is 5.86. The number of halogens is 1. The second kappa shape index (κ2) is 8.85. The van der Waals surface area contributed by atoms with Crippen LogP contribution >= 0.6 is 23.4 Å². The van der Waals surface area contributed by atoms with Crippen LogP contribution in [0.1, 0.15) is 13.3 Å². The van der Waals surface area contributed by atoms with Crippen molar-refractivity contribution in [2.75, 3.05) is 19.0 Å². The predicted molar refractivity (Wildman–Crippen MR) is 89.9 cm³/mol. The van der Waals surface area contributed by atoms with Crippen molar-refractivity contribution in [2.24, 2.45) is 0 Å². The van der Waals surface area contributed by atoms with Crippen LogP contribution in [0.4, 0.5) is 0 Å². The lowest BCUT2D eigenvalue weighted by Gasteiger charge is -2.08. The molecule has 0 aliphatic carbocycles. The summed E-state index contributed by atoms with van der Waals surface area (Å²) in [5.74, 6) is 2.73. The van der Waals surface area contributed by atoms with E-state index in [1.54, 1.807) is 0 Å². The molecule has 0 aliphatic rings. The lowest BCUT2D eigenvalue weighted by Crippen LogP contribution is -1.99. The van der Waals surface area contributed by atoms with Gasteiger partial charge in [0.2, 0.25) is 0 Å². The number of hydrogen-bond donors (Lipinski definition) is 0. The van der Waals surface area contributed by atoms with Crippen LogP contribution < -0.4 is 9.47 Å². The summed E-state index contributed by atoms with van der Waals surface area (Å²) in [5, 5.41) is 0.775. The number of benzene rings is 2. The number of thioether (sulfide) groups is 1. The molecule has 0 N–H and O–H groups in total. The van der Waals surface area contributed by atoms with E-state index in [0.29, 0.717) is 13.2 Å². The van der Waals surface area contributed by atoms with Gasteiger partial charge in [0.25, 0.3) is 0 Å². The molecule has 0 atom stereocenters. The molecule has 4 heteroatoms. The predicted octanol–water partition coefficient (Wildman–Crippen LogP) is 5.30. The van der Waals surface area contributed by atoms with Crippen molar-refractivity contribution < 1.29 is 9.47 Å². The third-order valence-corrected chi connectivity index (χ3v) is 4.11. The van der Waals surface area contributed by atoms with Gasteiger partial charge in [0.1, 0.15) is 11.5 Å². The smallest absolute Gasteiger partial charge is 0.122 e. The maximum Gasteiger partial charge on any atom is 0.122 e. The molecule has 0 fully saturated rings. The molecule has 0 amide bonds. The molecule has 0 saturated heterocycles. The fourth-order valence-corrected chi connectivity index (χ4v) is 2.74. The Morgan fingerprint density at radius 1 is 1.00 bits per heavy atom. The monoisotopic (exact) mass is 322 g/mol. The van der Waals surface area contributed by atoms with E-state index < -0.39 is 0 Å². The van der Waals surface area contributed by atoms with Gasteiger partial charge in [-0.1, -0.05) is 17.7 Å². The van der Waals surface area contributed by atoms with Crippen LogP contribution in [0.2, 0.25) is 5.02 Å². The number of rotatable bonds is 8. The van der Waals surface area contributed by atoms with Gasteiger partial charge < -0.3 is 9.47 Å². The summed E-state index contributed by atoms with van der Waals surface area (Å²) in [4.78, 5) is 1.23. The summed E-state index contributed by atoms with van der Waals surface area (Å²) in [5.41, 5.74) is 0. The summed E-state index contributed by atoms with van der Waals surface area (Å²) >= 11 is 7.67. The first kappa shape index (κ1) is 16.1. The Balaban J connectivity index is 1.67.